The van der Waals surface area contributed by atoms with Crippen LogP contribution in [-0.4, -0.2) is 29.1 Å². The standard InChI is InChI=1S/C66H42N6/c1-3-17-47(18-4-1)71-61-33-11-9-31-59(61)69-65(71)45-39-35-43(36-40-45)49-21-13-25-53-51(49)23-15-27-55(53)63-64(68-58-30-8-7-29-57(58)67-63)56-28-16-24-52-50(22-14-26-54(52)56)44-37-41-46(42-38-44)66-70-60-32-10-12-34-62(60)72(66)48-19-5-2-6-20-48/h1-42H. The van der Waals surface area contributed by atoms with Gasteiger partial charge in [0, 0.05) is 33.6 Å². The van der Waals surface area contributed by atoms with Gasteiger partial charge in [0.25, 0.3) is 0 Å². The van der Waals surface area contributed by atoms with Gasteiger partial charge in [-0.3, -0.25) is 9.13 Å². The van der Waals surface area contributed by atoms with Crippen LogP contribution in [0.5, 0.6) is 0 Å². The molecule has 0 N–H and O–H groups in total. The third kappa shape index (κ3) is 6.88. The molecule has 14 rings (SSSR count). The maximum Gasteiger partial charge on any atom is 0.145 e. The summed E-state index contributed by atoms with van der Waals surface area (Å²) in [7, 11) is 0. The fourth-order valence-electron chi connectivity index (χ4n) is 10.6. The van der Waals surface area contributed by atoms with Crippen molar-refractivity contribution in [3.63, 3.8) is 0 Å². The Balaban J connectivity index is 0.864. The Morgan fingerprint density at radius 3 is 0.944 bits per heavy atom. The molecule has 14 aromatic rings. The van der Waals surface area contributed by atoms with Crippen molar-refractivity contribution in [2.75, 3.05) is 0 Å². The highest BCUT2D eigenvalue weighted by Gasteiger charge is 2.21. The minimum atomic E-state index is 0.843. The van der Waals surface area contributed by atoms with E-state index < -0.39 is 0 Å². The van der Waals surface area contributed by atoms with E-state index >= 15 is 0 Å². The molecule has 6 heteroatoms. The quantitative estimate of drug-likeness (QED) is 0.152. The van der Waals surface area contributed by atoms with E-state index in [1.54, 1.807) is 0 Å². The van der Waals surface area contributed by atoms with Crippen molar-refractivity contribution in [2.45, 2.75) is 0 Å². The highest BCUT2D eigenvalue weighted by Crippen LogP contribution is 2.42. The molecule has 0 radical (unpaired) electrons. The highest BCUT2D eigenvalue weighted by molar-refractivity contribution is 6.10. The Morgan fingerprint density at radius 1 is 0.222 bits per heavy atom. The van der Waals surface area contributed by atoms with Gasteiger partial charge < -0.3 is 0 Å². The zero-order valence-electron chi connectivity index (χ0n) is 38.9. The molecule has 3 heterocycles. The first-order valence-corrected chi connectivity index (χ1v) is 24.3. The predicted octanol–water partition coefficient (Wildman–Crippen LogP) is 16.6. The van der Waals surface area contributed by atoms with Crippen molar-refractivity contribution in [2.24, 2.45) is 0 Å². The van der Waals surface area contributed by atoms with Crippen LogP contribution in [0.25, 0.3) is 134 Å². The Kier molecular flexibility index (Phi) is 9.74. The van der Waals surface area contributed by atoms with Crippen LogP contribution in [0.4, 0.5) is 0 Å². The predicted molar refractivity (Wildman–Crippen MR) is 296 cm³/mol. The molecule has 0 amide bonds. The summed E-state index contributed by atoms with van der Waals surface area (Å²) in [5, 5.41) is 4.50. The summed E-state index contributed by atoms with van der Waals surface area (Å²) >= 11 is 0. The van der Waals surface area contributed by atoms with Gasteiger partial charge in [-0.15, -0.1) is 0 Å². The van der Waals surface area contributed by atoms with Crippen LogP contribution in [0.3, 0.4) is 0 Å². The van der Waals surface area contributed by atoms with Crippen LogP contribution >= 0.6 is 0 Å². The number of para-hydroxylation sites is 8. The molecule has 3 aromatic heterocycles. The second-order valence-corrected chi connectivity index (χ2v) is 18.2. The molecular formula is C66H42N6. The van der Waals surface area contributed by atoms with Crippen LogP contribution in [0.15, 0.2) is 255 Å². The third-order valence-electron chi connectivity index (χ3n) is 14.0. The number of nitrogens with zero attached hydrogens (tertiary/aromatic N) is 6. The van der Waals surface area contributed by atoms with Crippen molar-refractivity contribution in [1.29, 1.82) is 0 Å². The fraction of sp³-hybridized carbons (Fsp3) is 0. The topological polar surface area (TPSA) is 61.4 Å². The molecule has 0 atom stereocenters. The molecule has 0 unspecified atom stereocenters. The average Bonchev–Trinajstić information content (AvgIpc) is 4.05. The summed E-state index contributed by atoms with van der Waals surface area (Å²) in [6, 6.07) is 89.7. The van der Waals surface area contributed by atoms with Crippen LogP contribution in [0.1, 0.15) is 0 Å². The van der Waals surface area contributed by atoms with Gasteiger partial charge in [-0.05, 0) is 104 Å². The van der Waals surface area contributed by atoms with E-state index in [0.29, 0.717) is 0 Å². The summed E-state index contributed by atoms with van der Waals surface area (Å²) < 4.78 is 4.49. The van der Waals surface area contributed by atoms with Gasteiger partial charge in [-0.2, -0.15) is 0 Å². The first-order valence-electron chi connectivity index (χ1n) is 24.3. The molecule has 0 aliphatic heterocycles. The van der Waals surface area contributed by atoms with Crippen LogP contribution in [0.2, 0.25) is 0 Å². The second kappa shape index (κ2) is 17.0. The summed E-state index contributed by atoms with van der Waals surface area (Å²) in [4.78, 5) is 21.2. The number of benzene rings is 11. The van der Waals surface area contributed by atoms with E-state index in [4.69, 9.17) is 19.9 Å². The van der Waals surface area contributed by atoms with Crippen LogP contribution < -0.4 is 0 Å². The van der Waals surface area contributed by atoms with E-state index in [9.17, 15) is 0 Å². The minimum Gasteiger partial charge on any atom is -0.292 e. The van der Waals surface area contributed by atoms with Gasteiger partial charge in [-0.25, -0.2) is 19.9 Å². The Bertz CT molecular complexity index is 4080. The number of imidazole rings is 2. The molecule has 0 spiro atoms. The molecular weight excluding hydrogens is 877 g/mol. The number of hydrogen-bond acceptors (Lipinski definition) is 4. The smallest absolute Gasteiger partial charge is 0.145 e. The summed E-state index contributed by atoms with van der Waals surface area (Å²) in [5.41, 5.74) is 18.3. The molecule has 11 aromatic carbocycles. The number of hydrogen-bond donors (Lipinski definition) is 0. The molecule has 336 valence electrons. The van der Waals surface area contributed by atoms with E-state index in [0.717, 1.165) is 134 Å². The summed E-state index contributed by atoms with van der Waals surface area (Å²) in [6.07, 6.45) is 0. The van der Waals surface area contributed by atoms with E-state index in [-0.39, 0.29) is 0 Å². The zero-order chi connectivity index (χ0) is 47.5. The van der Waals surface area contributed by atoms with Crippen molar-refractivity contribution in [3.8, 4) is 78.9 Å². The molecule has 0 aliphatic rings. The lowest BCUT2D eigenvalue weighted by molar-refractivity contribution is 1.10. The lowest BCUT2D eigenvalue weighted by Gasteiger charge is -2.16. The van der Waals surface area contributed by atoms with Gasteiger partial charge >= 0.3 is 0 Å². The molecule has 0 fully saturated rings. The van der Waals surface area contributed by atoms with E-state index in [1.807, 2.05) is 36.4 Å². The molecule has 0 bridgehead atoms. The molecule has 0 saturated carbocycles. The maximum absolute atomic E-state index is 5.46. The first-order chi connectivity index (χ1) is 35.7. The lowest BCUT2D eigenvalue weighted by atomic mass is 9.90. The SMILES string of the molecule is c1ccc(-n2c(-c3ccc(-c4cccc5c(-c6nc7ccccc7nc6-c6cccc7c(-c8ccc(-c9nc%10ccccc%10n9-c9ccccc9)cc8)cccc67)cccc45)cc3)nc3ccccc32)cc1. The zero-order valence-corrected chi connectivity index (χ0v) is 38.9. The van der Waals surface area contributed by atoms with Crippen molar-refractivity contribution in [3.05, 3.63) is 255 Å². The Hall–Kier alpha value is -9.78. The van der Waals surface area contributed by atoms with Crippen LogP contribution in [0, 0.1) is 0 Å². The number of rotatable bonds is 8. The van der Waals surface area contributed by atoms with Crippen molar-refractivity contribution < 1.29 is 0 Å². The fourth-order valence-corrected chi connectivity index (χ4v) is 10.6. The second-order valence-electron chi connectivity index (χ2n) is 18.2. The average molecular weight is 919 g/mol. The van der Waals surface area contributed by atoms with Crippen LogP contribution in [-0.2, 0) is 0 Å². The summed E-state index contributed by atoms with van der Waals surface area (Å²) in [5.74, 6) is 1.82. The Morgan fingerprint density at radius 2 is 0.542 bits per heavy atom. The van der Waals surface area contributed by atoms with Crippen molar-refractivity contribution in [1.82, 2.24) is 29.1 Å². The van der Waals surface area contributed by atoms with Gasteiger partial charge in [0.2, 0.25) is 0 Å². The van der Waals surface area contributed by atoms with Gasteiger partial charge in [0.1, 0.15) is 11.6 Å². The monoisotopic (exact) mass is 918 g/mol. The van der Waals surface area contributed by atoms with Gasteiger partial charge in [0.05, 0.1) is 44.5 Å². The van der Waals surface area contributed by atoms with E-state index in [1.165, 1.54) is 0 Å². The number of fused-ring (bicyclic) bond motifs is 5. The molecule has 72 heavy (non-hydrogen) atoms. The molecule has 6 nitrogen and oxygen atoms in total. The van der Waals surface area contributed by atoms with Gasteiger partial charge in [-0.1, -0.05) is 194 Å². The number of aromatic nitrogens is 6. The minimum absolute atomic E-state index is 0.843. The normalized spacial score (nSPS) is 11.6. The molecule has 0 aliphatic carbocycles. The summed E-state index contributed by atoms with van der Waals surface area (Å²) in [6.45, 7) is 0. The lowest BCUT2D eigenvalue weighted by Crippen LogP contribution is -1.98. The van der Waals surface area contributed by atoms with E-state index in [2.05, 4.69) is 228 Å². The Labute approximate surface area is 415 Å². The largest absolute Gasteiger partial charge is 0.292 e. The van der Waals surface area contributed by atoms with Gasteiger partial charge in [0.15, 0.2) is 0 Å². The first kappa shape index (κ1) is 41.2. The maximum atomic E-state index is 5.46. The molecule has 0 saturated heterocycles. The third-order valence-corrected chi connectivity index (χ3v) is 14.0. The van der Waals surface area contributed by atoms with Crippen molar-refractivity contribution >= 4 is 54.6 Å². The highest BCUT2D eigenvalue weighted by atomic mass is 15.1.